The van der Waals surface area contributed by atoms with Crippen LogP contribution in [0.4, 0.5) is 4.79 Å². The number of halogens is 1. The summed E-state index contributed by atoms with van der Waals surface area (Å²) in [5.74, 6) is 0. The van der Waals surface area contributed by atoms with Crippen LogP contribution in [0.5, 0.6) is 0 Å². The van der Waals surface area contributed by atoms with Crippen LogP contribution in [-0.2, 0) is 4.74 Å². The molecule has 2 aliphatic rings. The third-order valence-corrected chi connectivity index (χ3v) is 5.06. The summed E-state index contributed by atoms with van der Waals surface area (Å²) in [4.78, 5) is 14.0. The molecule has 0 spiro atoms. The van der Waals surface area contributed by atoms with Crippen LogP contribution in [-0.4, -0.2) is 35.1 Å². The summed E-state index contributed by atoms with van der Waals surface area (Å²) in [7, 11) is 0. The summed E-state index contributed by atoms with van der Waals surface area (Å²) in [6.45, 7) is 7.12. The lowest BCUT2D eigenvalue weighted by molar-refractivity contribution is 0.0237. The number of benzene rings is 1. The van der Waals surface area contributed by atoms with E-state index in [4.69, 9.17) is 16.3 Å². The number of hydrogen-bond acceptors (Lipinski definition) is 2. The summed E-state index contributed by atoms with van der Waals surface area (Å²) >= 11 is 6.16. The van der Waals surface area contributed by atoms with Gasteiger partial charge in [-0.2, -0.15) is 0 Å². The van der Waals surface area contributed by atoms with Crippen molar-refractivity contribution >= 4 is 29.3 Å². The van der Waals surface area contributed by atoms with Crippen LogP contribution in [0.2, 0.25) is 0 Å². The van der Waals surface area contributed by atoms with E-state index in [0.717, 1.165) is 19.3 Å². The molecular weight excluding hydrogens is 358 g/mol. The molecule has 1 heterocycles. The van der Waals surface area contributed by atoms with Crippen molar-refractivity contribution in [2.75, 3.05) is 13.1 Å². The van der Waals surface area contributed by atoms with Crippen molar-refractivity contribution < 1.29 is 9.53 Å². The van der Waals surface area contributed by atoms with Gasteiger partial charge in [-0.05, 0) is 56.7 Å². The molecule has 4 heteroatoms. The van der Waals surface area contributed by atoms with Gasteiger partial charge in [0.15, 0.2) is 0 Å². The number of carbonyl (C=O) groups excluding carboxylic acids is 1. The molecule has 0 bridgehead atoms. The van der Waals surface area contributed by atoms with Crippen molar-refractivity contribution in [3.05, 3.63) is 59.2 Å². The lowest BCUT2D eigenvalue weighted by Gasteiger charge is -2.31. The molecule has 0 radical (unpaired) electrons. The Balaban J connectivity index is 1.69. The molecule has 144 valence electrons. The molecule has 1 aromatic rings. The van der Waals surface area contributed by atoms with E-state index in [0.29, 0.717) is 13.1 Å². The average molecular weight is 386 g/mol. The van der Waals surface area contributed by atoms with Gasteiger partial charge in [0.2, 0.25) is 0 Å². The van der Waals surface area contributed by atoms with Gasteiger partial charge in [-0.3, -0.25) is 0 Å². The molecule has 1 saturated heterocycles. The van der Waals surface area contributed by atoms with E-state index in [1.54, 1.807) is 0 Å². The van der Waals surface area contributed by atoms with Gasteiger partial charge in [-0.25, -0.2) is 4.79 Å². The quantitative estimate of drug-likeness (QED) is 0.580. The van der Waals surface area contributed by atoms with Crippen molar-refractivity contribution in [1.29, 1.82) is 0 Å². The van der Waals surface area contributed by atoms with Crippen molar-refractivity contribution in [2.24, 2.45) is 0 Å². The Kier molecular flexibility index (Phi) is 6.11. The normalized spacial score (nSPS) is 20.3. The summed E-state index contributed by atoms with van der Waals surface area (Å²) in [6.07, 6.45) is 11.1. The molecule has 1 aromatic carbocycles. The Morgan fingerprint density at radius 3 is 2.56 bits per heavy atom. The van der Waals surface area contributed by atoms with E-state index in [-0.39, 0.29) is 11.5 Å². The topological polar surface area (TPSA) is 29.5 Å². The van der Waals surface area contributed by atoms with Gasteiger partial charge in [0.05, 0.1) is 5.38 Å². The molecule has 1 atom stereocenters. The number of piperidine rings is 1. The highest BCUT2D eigenvalue weighted by atomic mass is 35.5. The predicted octanol–water partition coefficient (Wildman–Crippen LogP) is 6.05. The number of hydrogen-bond donors (Lipinski definition) is 0. The summed E-state index contributed by atoms with van der Waals surface area (Å²) in [6, 6.07) is 8.46. The molecule has 3 nitrogen and oxygen atoms in total. The molecule has 0 aromatic heterocycles. The first-order valence-electron chi connectivity index (χ1n) is 9.61. The minimum atomic E-state index is -0.449. The molecule has 1 amide bonds. The van der Waals surface area contributed by atoms with E-state index in [1.807, 2.05) is 25.7 Å². The van der Waals surface area contributed by atoms with Gasteiger partial charge < -0.3 is 9.64 Å². The largest absolute Gasteiger partial charge is 0.444 e. The molecule has 3 rings (SSSR count). The number of allylic oxidation sites excluding steroid dienone is 4. The first-order chi connectivity index (χ1) is 12.8. The number of ether oxygens (including phenoxy) is 1. The SMILES string of the molecule is CC(C)(C)OC(=O)N1CCC(=Cc2ccccc2C2=CCC(Cl)C=C2)CC1. The molecule has 1 aliphatic heterocycles. The van der Waals surface area contributed by atoms with Crippen molar-refractivity contribution in [3.8, 4) is 0 Å². The maximum atomic E-state index is 12.2. The fourth-order valence-corrected chi connectivity index (χ4v) is 3.51. The van der Waals surface area contributed by atoms with Gasteiger partial charge in [0.1, 0.15) is 5.60 Å². The van der Waals surface area contributed by atoms with Crippen molar-refractivity contribution in [3.63, 3.8) is 0 Å². The van der Waals surface area contributed by atoms with Crippen LogP contribution < -0.4 is 0 Å². The van der Waals surface area contributed by atoms with Crippen LogP contribution in [0.15, 0.2) is 48.1 Å². The predicted molar refractivity (Wildman–Crippen MR) is 113 cm³/mol. The van der Waals surface area contributed by atoms with Crippen molar-refractivity contribution in [2.45, 2.75) is 51.0 Å². The lowest BCUT2D eigenvalue weighted by Crippen LogP contribution is -2.40. The molecule has 1 unspecified atom stereocenters. The van der Waals surface area contributed by atoms with Crippen LogP contribution >= 0.6 is 11.6 Å². The first-order valence-corrected chi connectivity index (χ1v) is 10.0. The third-order valence-electron chi connectivity index (χ3n) is 4.74. The smallest absolute Gasteiger partial charge is 0.410 e. The third kappa shape index (κ3) is 5.49. The Labute approximate surface area is 167 Å². The first kappa shape index (κ1) is 19.8. The van der Waals surface area contributed by atoms with E-state index in [1.165, 1.54) is 22.3 Å². The highest BCUT2D eigenvalue weighted by Crippen LogP contribution is 2.29. The Morgan fingerprint density at radius 2 is 1.93 bits per heavy atom. The molecule has 0 saturated carbocycles. The molecular formula is C23H28ClNO2. The summed E-state index contributed by atoms with van der Waals surface area (Å²) in [5, 5.41) is 0.0939. The highest BCUT2D eigenvalue weighted by Gasteiger charge is 2.24. The zero-order valence-corrected chi connectivity index (χ0v) is 17.1. The Hall–Kier alpha value is -2.00. The molecule has 27 heavy (non-hydrogen) atoms. The maximum absolute atomic E-state index is 12.2. The standard InChI is InChI=1S/C23H28ClNO2/c1-23(2,3)27-22(26)25-14-12-17(13-15-25)16-19-6-4-5-7-21(19)18-8-10-20(24)11-9-18/h4-10,16,20H,11-15H2,1-3H3. The summed E-state index contributed by atoms with van der Waals surface area (Å²) < 4.78 is 5.48. The van der Waals surface area contributed by atoms with Gasteiger partial charge in [0.25, 0.3) is 0 Å². The van der Waals surface area contributed by atoms with E-state index < -0.39 is 5.60 Å². The van der Waals surface area contributed by atoms with Crippen LogP contribution in [0.1, 0.15) is 51.2 Å². The van der Waals surface area contributed by atoms with Gasteiger partial charge >= 0.3 is 6.09 Å². The maximum Gasteiger partial charge on any atom is 0.410 e. The monoisotopic (exact) mass is 385 g/mol. The number of alkyl halides is 1. The minimum Gasteiger partial charge on any atom is -0.444 e. The lowest BCUT2D eigenvalue weighted by atomic mass is 9.92. The van der Waals surface area contributed by atoms with Crippen LogP contribution in [0, 0.1) is 0 Å². The number of rotatable bonds is 2. The second kappa shape index (κ2) is 8.35. The number of nitrogens with zero attached hydrogens (tertiary/aromatic N) is 1. The highest BCUT2D eigenvalue weighted by molar-refractivity contribution is 6.22. The number of amides is 1. The number of carbonyl (C=O) groups is 1. The number of likely N-dealkylation sites (tertiary alicyclic amines) is 1. The van der Waals surface area contributed by atoms with Crippen LogP contribution in [0.3, 0.4) is 0 Å². The average Bonchev–Trinajstić information content (AvgIpc) is 2.62. The van der Waals surface area contributed by atoms with Gasteiger partial charge in [-0.15, -0.1) is 11.6 Å². The van der Waals surface area contributed by atoms with Gasteiger partial charge in [-0.1, -0.05) is 54.1 Å². The molecule has 0 N–H and O–H groups in total. The van der Waals surface area contributed by atoms with E-state index >= 15 is 0 Å². The minimum absolute atomic E-state index is 0.0939. The van der Waals surface area contributed by atoms with E-state index in [2.05, 4.69) is 48.6 Å². The summed E-state index contributed by atoms with van der Waals surface area (Å²) in [5.41, 5.74) is 4.61. The van der Waals surface area contributed by atoms with E-state index in [9.17, 15) is 4.79 Å². The Morgan fingerprint density at radius 1 is 1.22 bits per heavy atom. The molecule has 1 aliphatic carbocycles. The fourth-order valence-electron chi connectivity index (χ4n) is 3.35. The second-order valence-electron chi connectivity index (χ2n) is 8.13. The second-order valence-corrected chi connectivity index (χ2v) is 8.69. The van der Waals surface area contributed by atoms with Gasteiger partial charge in [0, 0.05) is 13.1 Å². The van der Waals surface area contributed by atoms with Crippen molar-refractivity contribution in [1.82, 2.24) is 4.90 Å². The molecule has 1 fully saturated rings. The fraction of sp³-hybridized carbons (Fsp3) is 0.435. The Bertz CT molecular complexity index is 776. The zero-order valence-electron chi connectivity index (χ0n) is 16.4. The van der Waals surface area contributed by atoms with Crippen LogP contribution in [0.25, 0.3) is 11.6 Å². The zero-order chi connectivity index (χ0) is 19.4.